The summed E-state index contributed by atoms with van der Waals surface area (Å²) in [5.74, 6) is 1.69. The van der Waals surface area contributed by atoms with Crippen LogP contribution in [0.4, 0.5) is 0 Å². The van der Waals surface area contributed by atoms with Gasteiger partial charge in [0, 0.05) is 13.1 Å². The lowest BCUT2D eigenvalue weighted by atomic mass is 10.2. The molecule has 1 N–H and O–H groups in total. The second-order valence-corrected chi connectivity index (χ2v) is 4.96. The molecule has 0 saturated carbocycles. The van der Waals surface area contributed by atoms with E-state index in [1.165, 1.54) is 12.0 Å². The molecule has 1 saturated heterocycles. The first-order chi connectivity index (χ1) is 8.81. The van der Waals surface area contributed by atoms with Crippen LogP contribution in [-0.4, -0.2) is 25.5 Å². The third-order valence-corrected chi connectivity index (χ3v) is 3.46. The van der Waals surface area contributed by atoms with E-state index in [0.29, 0.717) is 19.0 Å². The molecule has 0 amide bonds. The molecule has 2 unspecified atom stereocenters. The third kappa shape index (κ3) is 2.60. The lowest BCUT2D eigenvalue weighted by molar-refractivity contribution is 0.0559. The van der Waals surface area contributed by atoms with Crippen LogP contribution in [-0.2, 0) is 11.3 Å². The van der Waals surface area contributed by atoms with E-state index >= 15 is 0 Å². The smallest absolute Gasteiger partial charge is 0.231 e. The molecule has 0 aromatic heterocycles. The second kappa shape index (κ2) is 5.16. The number of ether oxygens (including phenoxy) is 3. The molecule has 1 fully saturated rings. The molecule has 2 aliphatic rings. The van der Waals surface area contributed by atoms with Gasteiger partial charge in [-0.25, -0.2) is 0 Å². The van der Waals surface area contributed by atoms with Crippen molar-refractivity contribution in [1.29, 1.82) is 0 Å². The minimum Gasteiger partial charge on any atom is -0.454 e. The molecule has 18 heavy (non-hydrogen) atoms. The van der Waals surface area contributed by atoms with Crippen LogP contribution in [0.3, 0.4) is 0 Å². The fraction of sp³-hybridized carbons (Fsp3) is 0.571. The normalized spacial score (nSPS) is 25.6. The molecule has 0 radical (unpaired) electrons. The zero-order valence-electron chi connectivity index (χ0n) is 10.6. The Morgan fingerprint density at radius 3 is 2.94 bits per heavy atom. The van der Waals surface area contributed by atoms with Gasteiger partial charge >= 0.3 is 0 Å². The van der Waals surface area contributed by atoms with E-state index < -0.39 is 0 Å². The topological polar surface area (TPSA) is 39.7 Å². The minimum absolute atomic E-state index is 0.333. The van der Waals surface area contributed by atoms with Crippen molar-refractivity contribution in [1.82, 2.24) is 5.32 Å². The molecule has 1 aromatic carbocycles. The van der Waals surface area contributed by atoms with Gasteiger partial charge in [0.05, 0.1) is 12.2 Å². The number of nitrogens with one attached hydrogen (secondary N) is 1. The van der Waals surface area contributed by atoms with Gasteiger partial charge in [0.25, 0.3) is 0 Å². The molecular weight excluding hydrogens is 230 g/mol. The van der Waals surface area contributed by atoms with Crippen LogP contribution in [0.5, 0.6) is 11.5 Å². The largest absolute Gasteiger partial charge is 0.454 e. The van der Waals surface area contributed by atoms with E-state index in [0.717, 1.165) is 31.0 Å². The summed E-state index contributed by atoms with van der Waals surface area (Å²) in [7, 11) is 0. The summed E-state index contributed by atoms with van der Waals surface area (Å²) in [6, 6.07) is 6.07. The highest BCUT2D eigenvalue weighted by molar-refractivity contribution is 5.44. The lowest BCUT2D eigenvalue weighted by Crippen LogP contribution is -2.26. The molecule has 0 aliphatic carbocycles. The van der Waals surface area contributed by atoms with Crippen molar-refractivity contribution in [2.24, 2.45) is 0 Å². The maximum Gasteiger partial charge on any atom is 0.231 e. The molecule has 98 valence electrons. The highest BCUT2D eigenvalue weighted by Gasteiger charge is 2.21. The van der Waals surface area contributed by atoms with E-state index in [1.807, 2.05) is 12.1 Å². The number of fused-ring (bicyclic) bond motifs is 1. The molecule has 2 heterocycles. The molecule has 0 bridgehead atoms. The number of hydrogen-bond acceptors (Lipinski definition) is 4. The summed E-state index contributed by atoms with van der Waals surface area (Å²) in [6.45, 7) is 4.22. The van der Waals surface area contributed by atoms with Crippen molar-refractivity contribution >= 4 is 0 Å². The third-order valence-electron chi connectivity index (χ3n) is 3.46. The Morgan fingerprint density at radius 1 is 1.22 bits per heavy atom. The Morgan fingerprint density at radius 2 is 2.11 bits per heavy atom. The van der Waals surface area contributed by atoms with E-state index in [1.54, 1.807) is 0 Å². The van der Waals surface area contributed by atoms with Gasteiger partial charge in [0.1, 0.15) is 0 Å². The Labute approximate surface area is 107 Å². The van der Waals surface area contributed by atoms with Gasteiger partial charge in [-0.05, 0) is 37.5 Å². The predicted molar refractivity (Wildman–Crippen MR) is 67.8 cm³/mol. The first-order valence-electron chi connectivity index (χ1n) is 6.56. The standard InChI is InChI=1S/C14H19NO3/c1-10-2-4-12(18-10)8-15-7-11-3-5-13-14(6-11)17-9-16-13/h3,5-6,10,12,15H,2,4,7-9H2,1H3. The average Bonchev–Trinajstić information content (AvgIpc) is 2.97. The molecular formula is C14H19NO3. The van der Waals surface area contributed by atoms with Crippen LogP contribution in [0.2, 0.25) is 0 Å². The minimum atomic E-state index is 0.333. The molecule has 0 spiro atoms. The molecule has 4 heteroatoms. The van der Waals surface area contributed by atoms with Gasteiger partial charge < -0.3 is 19.5 Å². The van der Waals surface area contributed by atoms with Crippen molar-refractivity contribution in [3.8, 4) is 11.5 Å². The number of hydrogen-bond donors (Lipinski definition) is 1. The Hall–Kier alpha value is -1.26. The fourth-order valence-corrected chi connectivity index (χ4v) is 2.46. The number of benzene rings is 1. The van der Waals surface area contributed by atoms with Crippen LogP contribution >= 0.6 is 0 Å². The van der Waals surface area contributed by atoms with Crippen LogP contribution in [0.15, 0.2) is 18.2 Å². The summed E-state index contributed by atoms with van der Waals surface area (Å²) < 4.78 is 16.4. The Kier molecular flexibility index (Phi) is 3.39. The summed E-state index contributed by atoms with van der Waals surface area (Å²) in [4.78, 5) is 0. The van der Waals surface area contributed by atoms with E-state index in [9.17, 15) is 0 Å². The van der Waals surface area contributed by atoms with Crippen LogP contribution in [0.25, 0.3) is 0 Å². The lowest BCUT2D eigenvalue weighted by Gasteiger charge is -2.12. The zero-order chi connectivity index (χ0) is 12.4. The highest BCUT2D eigenvalue weighted by atomic mass is 16.7. The zero-order valence-corrected chi connectivity index (χ0v) is 10.6. The van der Waals surface area contributed by atoms with Gasteiger partial charge in [-0.3, -0.25) is 0 Å². The van der Waals surface area contributed by atoms with E-state index in [-0.39, 0.29) is 0 Å². The molecule has 3 rings (SSSR count). The van der Waals surface area contributed by atoms with Crippen molar-refractivity contribution in [2.45, 2.75) is 38.5 Å². The molecule has 4 nitrogen and oxygen atoms in total. The van der Waals surface area contributed by atoms with E-state index in [2.05, 4.69) is 18.3 Å². The quantitative estimate of drug-likeness (QED) is 0.886. The van der Waals surface area contributed by atoms with Crippen LogP contribution < -0.4 is 14.8 Å². The van der Waals surface area contributed by atoms with Gasteiger partial charge in [-0.1, -0.05) is 6.07 Å². The van der Waals surface area contributed by atoms with Crippen molar-refractivity contribution < 1.29 is 14.2 Å². The van der Waals surface area contributed by atoms with Crippen molar-refractivity contribution in [3.63, 3.8) is 0 Å². The van der Waals surface area contributed by atoms with Gasteiger partial charge in [0.2, 0.25) is 6.79 Å². The summed E-state index contributed by atoms with van der Waals surface area (Å²) in [5, 5.41) is 3.43. The fourth-order valence-electron chi connectivity index (χ4n) is 2.46. The van der Waals surface area contributed by atoms with Gasteiger partial charge in [-0.2, -0.15) is 0 Å². The summed E-state index contributed by atoms with van der Waals surface area (Å²) >= 11 is 0. The SMILES string of the molecule is CC1CCC(CNCc2ccc3c(c2)OCO3)O1. The van der Waals surface area contributed by atoms with Crippen molar-refractivity contribution in [2.75, 3.05) is 13.3 Å². The monoisotopic (exact) mass is 249 g/mol. The summed E-state index contributed by atoms with van der Waals surface area (Å²) in [5.41, 5.74) is 1.21. The summed E-state index contributed by atoms with van der Waals surface area (Å²) in [6.07, 6.45) is 3.13. The van der Waals surface area contributed by atoms with E-state index in [4.69, 9.17) is 14.2 Å². The number of rotatable bonds is 4. The Bertz CT molecular complexity index is 422. The maximum absolute atomic E-state index is 5.77. The second-order valence-electron chi connectivity index (χ2n) is 4.96. The first-order valence-corrected chi connectivity index (χ1v) is 6.56. The van der Waals surface area contributed by atoms with Crippen LogP contribution in [0.1, 0.15) is 25.3 Å². The Balaban J connectivity index is 1.48. The van der Waals surface area contributed by atoms with Crippen molar-refractivity contribution in [3.05, 3.63) is 23.8 Å². The average molecular weight is 249 g/mol. The molecule has 2 atom stereocenters. The highest BCUT2D eigenvalue weighted by Crippen LogP contribution is 2.32. The molecule has 1 aromatic rings. The van der Waals surface area contributed by atoms with Gasteiger partial charge in [-0.15, -0.1) is 0 Å². The van der Waals surface area contributed by atoms with Gasteiger partial charge in [0.15, 0.2) is 11.5 Å². The molecule has 2 aliphatic heterocycles. The first kappa shape index (κ1) is 11.8. The maximum atomic E-state index is 5.77. The van der Waals surface area contributed by atoms with Crippen LogP contribution in [0, 0.1) is 0 Å². The predicted octanol–water partition coefficient (Wildman–Crippen LogP) is 2.07.